The van der Waals surface area contributed by atoms with Gasteiger partial charge in [-0.25, -0.2) is 0 Å². The number of piperidine rings is 1. The summed E-state index contributed by atoms with van der Waals surface area (Å²) in [5, 5.41) is 10.0. The second kappa shape index (κ2) is 9.42. The van der Waals surface area contributed by atoms with Crippen molar-refractivity contribution in [1.82, 2.24) is 24.1 Å². The molecule has 0 spiro atoms. The van der Waals surface area contributed by atoms with E-state index in [0.29, 0.717) is 40.5 Å². The van der Waals surface area contributed by atoms with Crippen LogP contribution in [0, 0.1) is 11.8 Å². The zero-order valence-electron chi connectivity index (χ0n) is 18.6. The van der Waals surface area contributed by atoms with Gasteiger partial charge in [-0.2, -0.15) is 0 Å². The molecule has 4 rings (SSSR count). The third-order valence-corrected chi connectivity index (χ3v) is 6.92. The van der Waals surface area contributed by atoms with Crippen molar-refractivity contribution in [2.75, 3.05) is 18.8 Å². The van der Waals surface area contributed by atoms with Gasteiger partial charge in [-0.15, -0.1) is 10.2 Å². The predicted octanol–water partition coefficient (Wildman–Crippen LogP) is 3.83. The van der Waals surface area contributed by atoms with Crippen LogP contribution in [0.4, 0.5) is 0 Å². The van der Waals surface area contributed by atoms with Crippen molar-refractivity contribution in [3.8, 4) is 0 Å². The van der Waals surface area contributed by atoms with Crippen LogP contribution in [-0.2, 0) is 11.3 Å². The summed E-state index contributed by atoms with van der Waals surface area (Å²) in [6.07, 6.45) is 4.24. The highest BCUT2D eigenvalue weighted by Gasteiger charge is 2.26. The molecule has 2 aromatic heterocycles. The number of aromatic nitrogens is 4. The minimum atomic E-state index is -0.0319. The second-order valence-corrected chi connectivity index (χ2v) is 9.77. The molecule has 0 aliphatic carbocycles. The molecule has 0 bridgehead atoms. The van der Waals surface area contributed by atoms with Crippen molar-refractivity contribution in [2.24, 2.45) is 11.8 Å². The molecular formula is C23H31N5O2S. The Bertz CT molecular complexity index is 1130. The number of carbonyl (C=O) groups excluding carboxylic acids is 1. The average Bonchev–Trinajstić information content (AvgIpc) is 3.17. The maximum absolute atomic E-state index is 13.1. The summed E-state index contributed by atoms with van der Waals surface area (Å²) in [5.41, 5.74) is 0.755. The topological polar surface area (TPSA) is 72.5 Å². The van der Waals surface area contributed by atoms with Crippen LogP contribution in [-0.4, -0.2) is 48.8 Å². The lowest BCUT2D eigenvalue weighted by molar-refractivity contribution is -0.130. The monoisotopic (exact) mass is 441 g/mol. The normalized spacial score (nSPS) is 19.4. The van der Waals surface area contributed by atoms with Crippen LogP contribution in [0.15, 0.2) is 34.2 Å². The smallest absolute Gasteiger partial charge is 0.262 e. The van der Waals surface area contributed by atoms with E-state index >= 15 is 0 Å². The second-order valence-electron chi connectivity index (χ2n) is 8.83. The SMILES string of the molecule is CCCCCn1c(=O)c2ccccc2n2c(SCC(=O)N3CC(C)CC(C)C3)nnc12. The number of hydrogen-bond acceptors (Lipinski definition) is 5. The van der Waals surface area contributed by atoms with Crippen molar-refractivity contribution in [2.45, 2.75) is 58.2 Å². The van der Waals surface area contributed by atoms with Crippen LogP contribution >= 0.6 is 11.8 Å². The van der Waals surface area contributed by atoms with E-state index in [4.69, 9.17) is 0 Å². The van der Waals surface area contributed by atoms with Crippen LogP contribution in [0.25, 0.3) is 16.7 Å². The van der Waals surface area contributed by atoms with Crippen LogP contribution in [0.2, 0.25) is 0 Å². The molecule has 1 saturated heterocycles. The van der Waals surface area contributed by atoms with E-state index < -0.39 is 0 Å². The summed E-state index contributed by atoms with van der Waals surface area (Å²) in [5.74, 6) is 2.08. The van der Waals surface area contributed by atoms with E-state index in [-0.39, 0.29) is 11.5 Å². The molecule has 1 aliphatic heterocycles. The van der Waals surface area contributed by atoms with Gasteiger partial charge in [0.05, 0.1) is 16.7 Å². The molecule has 2 atom stereocenters. The third-order valence-electron chi connectivity index (χ3n) is 6.01. The molecule has 1 fully saturated rings. The van der Waals surface area contributed by atoms with E-state index in [1.165, 1.54) is 18.2 Å². The Hall–Kier alpha value is -2.35. The number of para-hydroxylation sites is 1. The van der Waals surface area contributed by atoms with Crippen molar-refractivity contribution >= 4 is 34.3 Å². The van der Waals surface area contributed by atoms with Crippen molar-refractivity contribution in [1.29, 1.82) is 0 Å². The van der Waals surface area contributed by atoms with E-state index in [0.717, 1.165) is 37.9 Å². The molecule has 2 unspecified atom stereocenters. The number of unbranched alkanes of at least 4 members (excludes halogenated alkanes) is 2. The predicted molar refractivity (Wildman–Crippen MR) is 125 cm³/mol. The minimum absolute atomic E-state index is 0.0319. The quantitative estimate of drug-likeness (QED) is 0.412. The molecule has 1 aromatic carbocycles. The van der Waals surface area contributed by atoms with E-state index in [1.807, 2.05) is 33.6 Å². The number of hydrogen-bond donors (Lipinski definition) is 0. The van der Waals surface area contributed by atoms with Crippen LogP contribution in [0.3, 0.4) is 0 Å². The van der Waals surface area contributed by atoms with Gasteiger partial charge in [-0.05, 0) is 36.8 Å². The molecule has 8 heteroatoms. The lowest BCUT2D eigenvalue weighted by atomic mass is 9.92. The first-order chi connectivity index (χ1) is 15.0. The minimum Gasteiger partial charge on any atom is -0.341 e. The Morgan fingerprint density at radius 1 is 1.13 bits per heavy atom. The Kier molecular flexibility index (Phi) is 6.65. The maximum atomic E-state index is 13.1. The number of rotatable bonds is 7. The average molecular weight is 442 g/mol. The summed E-state index contributed by atoms with van der Waals surface area (Å²) in [6.45, 7) is 8.82. The number of amides is 1. The van der Waals surface area contributed by atoms with Crippen LogP contribution in [0.1, 0.15) is 46.5 Å². The first-order valence-corrected chi connectivity index (χ1v) is 12.2. The standard InChI is InChI=1S/C23H31N5O2S/c1-4-5-8-11-27-21(30)18-9-6-7-10-19(18)28-22(27)24-25-23(28)31-15-20(29)26-13-16(2)12-17(3)14-26/h6-7,9-10,16-17H,4-5,8,11-15H2,1-3H3. The van der Waals surface area contributed by atoms with Crippen LogP contribution < -0.4 is 5.56 Å². The highest BCUT2D eigenvalue weighted by atomic mass is 32.2. The van der Waals surface area contributed by atoms with Crippen molar-refractivity contribution < 1.29 is 4.79 Å². The van der Waals surface area contributed by atoms with Gasteiger partial charge >= 0.3 is 0 Å². The van der Waals surface area contributed by atoms with Gasteiger partial charge in [0.15, 0.2) is 5.16 Å². The Balaban J connectivity index is 1.64. The number of likely N-dealkylation sites (tertiary alicyclic amines) is 1. The molecule has 7 nitrogen and oxygen atoms in total. The summed E-state index contributed by atoms with van der Waals surface area (Å²) >= 11 is 1.40. The van der Waals surface area contributed by atoms with Crippen molar-refractivity contribution in [3.63, 3.8) is 0 Å². The number of carbonyl (C=O) groups is 1. The number of thioether (sulfide) groups is 1. The van der Waals surface area contributed by atoms with E-state index in [2.05, 4.69) is 31.0 Å². The largest absolute Gasteiger partial charge is 0.341 e. The highest BCUT2D eigenvalue weighted by Crippen LogP contribution is 2.25. The number of nitrogens with zero attached hydrogens (tertiary/aromatic N) is 5. The third kappa shape index (κ3) is 4.49. The summed E-state index contributed by atoms with van der Waals surface area (Å²) in [4.78, 5) is 27.9. The molecule has 1 amide bonds. The van der Waals surface area contributed by atoms with Gasteiger partial charge in [0.25, 0.3) is 5.56 Å². The molecule has 1 aliphatic rings. The zero-order chi connectivity index (χ0) is 22.0. The molecule has 31 heavy (non-hydrogen) atoms. The fourth-order valence-corrected chi connectivity index (χ4v) is 5.48. The molecular weight excluding hydrogens is 410 g/mol. The molecule has 3 aromatic rings. The van der Waals surface area contributed by atoms with E-state index in [9.17, 15) is 9.59 Å². The lowest BCUT2D eigenvalue weighted by Crippen LogP contribution is -2.43. The van der Waals surface area contributed by atoms with E-state index in [1.54, 1.807) is 4.57 Å². The van der Waals surface area contributed by atoms with Gasteiger partial charge in [0.1, 0.15) is 0 Å². The molecule has 0 saturated carbocycles. The van der Waals surface area contributed by atoms with Gasteiger partial charge in [0.2, 0.25) is 11.7 Å². The molecule has 0 N–H and O–H groups in total. The number of benzene rings is 1. The maximum Gasteiger partial charge on any atom is 0.262 e. The summed E-state index contributed by atoms with van der Waals surface area (Å²) in [6, 6.07) is 7.57. The zero-order valence-corrected chi connectivity index (χ0v) is 19.4. The molecule has 0 radical (unpaired) electrons. The molecule has 166 valence electrons. The first-order valence-electron chi connectivity index (χ1n) is 11.3. The summed E-state index contributed by atoms with van der Waals surface area (Å²) < 4.78 is 3.66. The Morgan fingerprint density at radius 2 is 1.87 bits per heavy atom. The molecule has 3 heterocycles. The summed E-state index contributed by atoms with van der Waals surface area (Å²) in [7, 11) is 0. The van der Waals surface area contributed by atoms with Crippen LogP contribution in [0.5, 0.6) is 0 Å². The highest BCUT2D eigenvalue weighted by molar-refractivity contribution is 7.99. The van der Waals surface area contributed by atoms with Gasteiger partial charge in [0, 0.05) is 19.6 Å². The first kappa shape index (κ1) is 21.9. The Morgan fingerprint density at radius 3 is 2.61 bits per heavy atom. The fourth-order valence-electron chi connectivity index (χ4n) is 4.63. The van der Waals surface area contributed by atoms with Gasteiger partial charge in [-0.1, -0.05) is 57.5 Å². The Labute approximate surface area is 186 Å². The lowest BCUT2D eigenvalue weighted by Gasteiger charge is -2.34. The number of aryl methyl sites for hydroxylation is 1. The number of fused-ring (bicyclic) bond motifs is 3. The fraction of sp³-hybridized carbons (Fsp3) is 0.565. The van der Waals surface area contributed by atoms with Crippen molar-refractivity contribution in [3.05, 3.63) is 34.6 Å². The van der Waals surface area contributed by atoms with Gasteiger partial charge in [-0.3, -0.25) is 18.6 Å². The van der Waals surface area contributed by atoms with Gasteiger partial charge < -0.3 is 4.90 Å².